The van der Waals surface area contributed by atoms with Gasteiger partial charge in [-0.15, -0.1) is 0 Å². The lowest BCUT2D eigenvalue weighted by atomic mass is 10.1. The Morgan fingerprint density at radius 3 is 2.30 bits per heavy atom. The summed E-state index contributed by atoms with van der Waals surface area (Å²) >= 11 is 0. The number of aliphatic hydroxyl groups excluding tert-OH is 1. The summed E-state index contributed by atoms with van der Waals surface area (Å²) in [6, 6.07) is 11.2. The van der Waals surface area contributed by atoms with Crippen molar-refractivity contribution in [2.24, 2.45) is 0 Å². The number of nitrogens with one attached hydrogen (secondary N) is 1. The van der Waals surface area contributed by atoms with Crippen molar-refractivity contribution >= 4 is 5.91 Å². The molecule has 0 heterocycles. The average molecular weight is 277 g/mol. The van der Waals surface area contributed by atoms with Crippen molar-refractivity contribution in [2.45, 2.75) is 6.10 Å². The van der Waals surface area contributed by atoms with Crippen LogP contribution in [0.2, 0.25) is 0 Å². The van der Waals surface area contributed by atoms with Gasteiger partial charge in [0.05, 0.1) is 11.7 Å². The Kier molecular flexibility index (Phi) is 4.42. The second kappa shape index (κ2) is 6.25. The number of benzene rings is 2. The van der Waals surface area contributed by atoms with Gasteiger partial charge in [0.1, 0.15) is 11.6 Å². The van der Waals surface area contributed by atoms with Gasteiger partial charge in [-0.1, -0.05) is 30.3 Å². The summed E-state index contributed by atoms with van der Waals surface area (Å²) in [6.45, 7) is -0.200. The number of carbonyl (C=O) groups is 1. The van der Waals surface area contributed by atoms with E-state index in [0.717, 1.165) is 0 Å². The molecule has 5 heteroatoms. The Hall–Kier alpha value is -2.27. The first kappa shape index (κ1) is 14.1. The third-order valence-corrected chi connectivity index (χ3v) is 2.84. The Morgan fingerprint density at radius 2 is 1.65 bits per heavy atom. The van der Waals surface area contributed by atoms with Gasteiger partial charge in [-0.3, -0.25) is 4.79 Å². The lowest BCUT2D eigenvalue weighted by Crippen LogP contribution is -2.29. The van der Waals surface area contributed by atoms with E-state index in [9.17, 15) is 18.7 Å². The minimum absolute atomic E-state index is 0.0846. The van der Waals surface area contributed by atoms with Gasteiger partial charge in [-0.25, -0.2) is 8.78 Å². The number of rotatable bonds is 4. The van der Waals surface area contributed by atoms with Crippen molar-refractivity contribution < 1.29 is 18.7 Å². The SMILES string of the molecule is O=C(NCC(O)c1ccccc1F)c1ccccc1F. The van der Waals surface area contributed by atoms with E-state index >= 15 is 0 Å². The van der Waals surface area contributed by atoms with Crippen LogP contribution in [0.15, 0.2) is 48.5 Å². The van der Waals surface area contributed by atoms with E-state index < -0.39 is 23.6 Å². The van der Waals surface area contributed by atoms with Crippen LogP contribution < -0.4 is 5.32 Å². The van der Waals surface area contributed by atoms with Gasteiger partial charge in [-0.2, -0.15) is 0 Å². The molecule has 2 aromatic carbocycles. The lowest BCUT2D eigenvalue weighted by molar-refractivity contribution is 0.0910. The van der Waals surface area contributed by atoms with Crippen LogP contribution in [-0.4, -0.2) is 17.6 Å². The number of hydrogen-bond donors (Lipinski definition) is 2. The molecule has 20 heavy (non-hydrogen) atoms. The molecule has 0 spiro atoms. The molecule has 0 fully saturated rings. The van der Waals surface area contributed by atoms with E-state index in [1.54, 1.807) is 6.07 Å². The number of carbonyl (C=O) groups excluding carboxylic acids is 1. The van der Waals surface area contributed by atoms with Gasteiger partial charge < -0.3 is 10.4 Å². The first-order valence-electron chi connectivity index (χ1n) is 6.05. The maximum Gasteiger partial charge on any atom is 0.254 e. The van der Waals surface area contributed by atoms with Crippen LogP contribution in [0.3, 0.4) is 0 Å². The van der Waals surface area contributed by atoms with Crippen molar-refractivity contribution in [3.8, 4) is 0 Å². The zero-order valence-electron chi connectivity index (χ0n) is 10.5. The molecule has 0 aliphatic rings. The quantitative estimate of drug-likeness (QED) is 0.901. The average Bonchev–Trinajstić information content (AvgIpc) is 2.45. The van der Waals surface area contributed by atoms with Crippen LogP contribution in [0.1, 0.15) is 22.0 Å². The molecule has 0 saturated heterocycles. The molecule has 0 saturated carbocycles. The topological polar surface area (TPSA) is 49.3 Å². The molecule has 2 rings (SSSR count). The molecule has 1 amide bonds. The van der Waals surface area contributed by atoms with Crippen LogP contribution in [0, 0.1) is 11.6 Å². The monoisotopic (exact) mass is 277 g/mol. The van der Waals surface area contributed by atoms with E-state index in [-0.39, 0.29) is 17.7 Å². The summed E-state index contributed by atoms with van der Waals surface area (Å²) in [5.41, 5.74) is -0.0328. The predicted octanol–water partition coefficient (Wildman–Crippen LogP) is 2.43. The van der Waals surface area contributed by atoms with Gasteiger partial charge in [0, 0.05) is 12.1 Å². The van der Waals surface area contributed by atoms with Gasteiger partial charge in [0.25, 0.3) is 5.91 Å². The molecule has 1 unspecified atom stereocenters. The van der Waals surface area contributed by atoms with Crippen molar-refractivity contribution in [1.29, 1.82) is 0 Å². The number of amides is 1. The second-order valence-corrected chi connectivity index (χ2v) is 4.23. The van der Waals surface area contributed by atoms with Crippen molar-refractivity contribution in [2.75, 3.05) is 6.54 Å². The molecule has 0 radical (unpaired) electrons. The van der Waals surface area contributed by atoms with Crippen LogP contribution in [-0.2, 0) is 0 Å². The van der Waals surface area contributed by atoms with E-state index in [1.165, 1.54) is 42.5 Å². The Morgan fingerprint density at radius 1 is 1.05 bits per heavy atom. The molecule has 0 aliphatic carbocycles. The van der Waals surface area contributed by atoms with Gasteiger partial charge in [0.2, 0.25) is 0 Å². The molecule has 2 aromatic rings. The largest absolute Gasteiger partial charge is 0.386 e. The summed E-state index contributed by atoms with van der Waals surface area (Å²) < 4.78 is 26.8. The third-order valence-electron chi connectivity index (χ3n) is 2.84. The number of hydrogen-bond acceptors (Lipinski definition) is 2. The molecule has 2 N–H and O–H groups in total. The summed E-state index contributed by atoms with van der Waals surface area (Å²) in [7, 11) is 0. The lowest BCUT2D eigenvalue weighted by Gasteiger charge is -2.13. The van der Waals surface area contributed by atoms with E-state index in [4.69, 9.17) is 0 Å². The van der Waals surface area contributed by atoms with Crippen molar-refractivity contribution in [3.05, 3.63) is 71.3 Å². The molecular formula is C15H13F2NO2. The minimum atomic E-state index is -1.19. The summed E-state index contributed by atoms with van der Waals surface area (Å²) in [4.78, 5) is 11.7. The number of halogens is 2. The smallest absolute Gasteiger partial charge is 0.254 e. The van der Waals surface area contributed by atoms with Gasteiger partial charge in [-0.05, 0) is 18.2 Å². The standard InChI is InChI=1S/C15H13F2NO2/c16-12-7-3-1-5-10(12)14(19)9-18-15(20)11-6-2-4-8-13(11)17/h1-8,14,19H,9H2,(H,18,20). The molecule has 3 nitrogen and oxygen atoms in total. The second-order valence-electron chi connectivity index (χ2n) is 4.23. The van der Waals surface area contributed by atoms with E-state index in [0.29, 0.717) is 0 Å². The fourth-order valence-corrected chi connectivity index (χ4v) is 1.79. The van der Waals surface area contributed by atoms with Crippen LogP contribution in [0.4, 0.5) is 8.78 Å². The zero-order valence-corrected chi connectivity index (χ0v) is 10.5. The van der Waals surface area contributed by atoms with Gasteiger partial charge in [0.15, 0.2) is 0 Å². The Balaban J connectivity index is 2.01. The Labute approximate surface area is 114 Å². The van der Waals surface area contributed by atoms with E-state index in [1.807, 2.05) is 0 Å². The molecule has 0 aliphatic heterocycles. The fourth-order valence-electron chi connectivity index (χ4n) is 1.79. The first-order valence-corrected chi connectivity index (χ1v) is 6.05. The molecular weight excluding hydrogens is 264 g/mol. The highest BCUT2D eigenvalue weighted by atomic mass is 19.1. The highest BCUT2D eigenvalue weighted by Gasteiger charge is 2.15. The maximum atomic E-state index is 13.4. The first-order chi connectivity index (χ1) is 9.59. The summed E-state index contributed by atoms with van der Waals surface area (Å²) in [6.07, 6.45) is -1.19. The third kappa shape index (κ3) is 3.19. The van der Waals surface area contributed by atoms with Crippen molar-refractivity contribution in [3.63, 3.8) is 0 Å². The number of aliphatic hydroxyl groups is 1. The van der Waals surface area contributed by atoms with Crippen LogP contribution >= 0.6 is 0 Å². The summed E-state index contributed by atoms with van der Waals surface area (Å²) in [5.74, 6) is -1.86. The highest BCUT2D eigenvalue weighted by Crippen LogP contribution is 2.16. The zero-order chi connectivity index (χ0) is 14.5. The molecule has 0 aromatic heterocycles. The van der Waals surface area contributed by atoms with Gasteiger partial charge >= 0.3 is 0 Å². The van der Waals surface area contributed by atoms with Crippen LogP contribution in [0.25, 0.3) is 0 Å². The van der Waals surface area contributed by atoms with Crippen LogP contribution in [0.5, 0.6) is 0 Å². The normalized spacial score (nSPS) is 11.9. The minimum Gasteiger partial charge on any atom is -0.386 e. The molecule has 0 bridgehead atoms. The molecule has 104 valence electrons. The predicted molar refractivity (Wildman–Crippen MR) is 70.1 cm³/mol. The summed E-state index contributed by atoms with van der Waals surface area (Å²) in [5, 5.41) is 12.2. The highest BCUT2D eigenvalue weighted by molar-refractivity contribution is 5.94. The fraction of sp³-hybridized carbons (Fsp3) is 0.133. The van der Waals surface area contributed by atoms with Crippen molar-refractivity contribution in [1.82, 2.24) is 5.32 Å². The Bertz CT molecular complexity index is 616. The van der Waals surface area contributed by atoms with E-state index in [2.05, 4.69) is 5.32 Å². The molecule has 1 atom stereocenters. The maximum absolute atomic E-state index is 13.4.